The van der Waals surface area contributed by atoms with E-state index in [-0.39, 0.29) is 12.1 Å². The van der Waals surface area contributed by atoms with Crippen LogP contribution in [0.15, 0.2) is 12.7 Å². The number of nitrogens with one attached hydrogen (secondary N) is 1. The van der Waals surface area contributed by atoms with Crippen LogP contribution >= 0.6 is 0 Å². The number of piperazine rings is 1. The number of β-amino-alcohol motifs (C(OH)–C–C–N with tert-alkyl or cyclic N) is 1. The molecule has 1 aliphatic heterocycles. The fourth-order valence-electron chi connectivity index (χ4n) is 1.83. The van der Waals surface area contributed by atoms with Crippen LogP contribution in [0.4, 0.5) is 4.79 Å². The molecule has 0 spiro atoms. The van der Waals surface area contributed by atoms with Gasteiger partial charge in [0.15, 0.2) is 0 Å². The van der Waals surface area contributed by atoms with Crippen molar-refractivity contribution in [1.82, 2.24) is 15.1 Å². The predicted octanol–water partition coefficient (Wildman–Crippen LogP) is 0.270. The summed E-state index contributed by atoms with van der Waals surface area (Å²) >= 11 is 0. The summed E-state index contributed by atoms with van der Waals surface area (Å²) in [6, 6.07) is -0.0272. The average molecular weight is 241 g/mol. The van der Waals surface area contributed by atoms with Gasteiger partial charge in [-0.1, -0.05) is 13.0 Å². The molecule has 0 aliphatic carbocycles. The molecule has 1 aliphatic rings. The van der Waals surface area contributed by atoms with E-state index in [0.717, 1.165) is 32.6 Å². The van der Waals surface area contributed by atoms with Gasteiger partial charge >= 0.3 is 6.03 Å². The van der Waals surface area contributed by atoms with E-state index in [0.29, 0.717) is 13.1 Å². The van der Waals surface area contributed by atoms with Crippen LogP contribution in [0.5, 0.6) is 0 Å². The first kappa shape index (κ1) is 14.0. The summed E-state index contributed by atoms with van der Waals surface area (Å²) in [5.74, 6) is 0. The van der Waals surface area contributed by atoms with Crippen LogP contribution in [-0.4, -0.2) is 66.3 Å². The lowest BCUT2D eigenvalue weighted by molar-refractivity contribution is 0.0793. The van der Waals surface area contributed by atoms with Crippen LogP contribution in [0.1, 0.15) is 13.3 Å². The molecule has 5 nitrogen and oxygen atoms in total. The first-order valence-electron chi connectivity index (χ1n) is 6.21. The van der Waals surface area contributed by atoms with Crippen molar-refractivity contribution in [2.75, 3.05) is 39.3 Å². The third-order valence-electron chi connectivity index (χ3n) is 3.00. The smallest absolute Gasteiger partial charge is 0.317 e. The molecule has 1 heterocycles. The molecule has 0 aromatic heterocycles. The molecule has 0 radical (unpaired) electrons. The molecule has 1 fully saturated rings. The molecule has 0 aromatic carbocycles. The zero-order valence-corrected chi connectivity index (χ0v) is 10.6. The van der Waals surface area contributed by atoms with Gasteiger partial charge in [-0.25, -0.2) is 4.79 Å². The number of urea groups is 1. The van der Waals surface area contributed by atoms with E-state index >= 15 is 0 Å². The standard InChI is InChI=1S/C12H23N3O2/c1-3-5-13-12(17)15-8-6-14(7-9-15)10-11(16)4-2/h3,11,16H,1,4-10H2,2H3,(H,13,17). The molecule has 0 bridgehead atoms. The van der Waals surface area contributed by atoms with E-state index < -0.39 is 0 Å². The first-order chi connectivity index (χ1) is 8.17. The van der Waals surface area contributed by atoms with Crippen molar-refractivity contribution in [3.8, 4) is 0 Å². The van der Waals surface area contributed by atoms with E-state index in [1.54, 1.807) is 11.0 Å². The van der Waals surface area contributed by atoms with Gasteiger partial charge in [-0.05, 0) is 6.42 Å². The highest BCUT2D eigenvalue weighted by atomic mass is 16.3. The summed E-state index contributed by atoms with van der Waals surface area (Å²) in [5.41, 5.74) is 0. The second kappa shape index (κ2) is 7.29. The van der Waals surface area contributed by atoms with Crippen LogP contribution in [-0.2, 0) is 0 Å². The third kappa shape index (κ3) is 4.75. The molecule has 1 atom stereocenters. The van der Waals surface area contributed by atoms with Gasteiger partial charge in [0.1, 0.15) is 0 Å². The van der Waals surface area contributed by atoms with Crippen LogP contribution in [0.25, 0.3) is 0 Å². The molecule has 2 N–H and O–H groups in total. The number of hydrogen-bond donors (Lipinski definition) is 2. The van der Waals surface area contributed by atoms with Gasteiger partial charge in [0.2, 0.25) is 0 Å². The van der Waals surface area contributed by atoms with Crippen molar-refractivity contribution in [3.63, 3.8) is 0 Å². The molecule has 1 rings (SSSR count). The molecule has 1 saturated heterocycles. The maximum atomic E-state index is 11.6. The summed E-state index contributed by atoms with van der Waals surface area (Å²) in [4.78, 5) is 15.6. The normalized spacial score (nSPS) is 18.8. The van der Waals surface area contributed by atoms with Crippen molar-refractivity contribution in [2.24, 2.45) is 0 Å². The number of rotatable bonds is 5. The highest BCUT2D eigenvalue weighted by molar-refractivity contribution is 5.74. The minimum Gasteiger partial charge on any atom is -0.392 e. The van der Waals surface area contributed by atoms with Crippen molar-refractivity contribution in [3.05, 3.63) is 12.7 Å². The Morgan fingerprint density at radius 1 is 1.47 bits per heavy atom. The number of carbonyl (C=O) groups excluding carboxylic acids is 1. The molecule has 0 aromatic rings. The maximum absolute atomic E-state index is 11.6. The van der Waals surface area contributed by atoms with E-state index in [4.69, 9.17) is 0 Å². The van der Waals surface area contributed by atoms with Gasteiger partial charge in [0, 0.05) is 39.3 Å². The molecule has 0 saturated carbocycles. The predicted molar refractivity (Wildman–Crippen MR) is 67.9 cm³/mol. The fraction of sp³-hybridized carbons (Fsp3) is 0.750. The lowest BCUT2D eigenvalue weighted by atomic mass is 10.2. The number of nitrogens with zero attached hydrogens (tertiary/aromatic N) is 2. The van der Waals surface area contributed by atoms with Gasteiger partial charge in [-0.3, -0.25) is 4.90 Å². The third-order valence-corrected chi connectivity index (χ3v) is 3.00. The Bertz CT molecular complexity index is 250. The number of hydrogen-bond acceptors (Lipinski definition) is 3. The minimum absolute atomic E-state index is 0.0272. The Kier molecular flexibility index (Phi) is 6.00. The summed E-state index contributed by atoms with van der Waals surface area (Å²) in [7, 11) is 0. The largest absolute Gasteiger partial charge is 0.392 e. The Morgan fingerprint density at radius 2 is 2.12 bits per heavy atom. The zero-order valence-electron chi connectivity index (χ0n) is 10.6. The van der Waals surface area contributed by atoms with Crippen LogP contribution in [0.2, 0.25) is 0 Å². The maximum Gasteiger partial charge on any atom is 0.317 e. The van der Waals surface area contributed by atoms with Crippen molar-refractivity contribution >= 4 is 6.03 Å². The van der Waals surface area contributed by atoms with Crippen LogP contribution in [0, 0.1) is 0 Å². The fourth-order valence-corrected chi connectivity index (χ4v) is 1.83. The molecule has 17 heavy (non-hydrogen) atoms. The minimum atomic E-state index is -0.254. The summed E-state index contributed by atoms with van der Waals surface area (Å²) < 4.78 is 0. The summed E-state index contributed by atoms with van der Waals surface area (Å²) in [6.07, 6.45) is 2.20. The quantitative estimate of drug-likeness (QED) is 0.679. The van der Waals surface area contributed by atoms with E-state index in [9.17, 15) is 9.90 Å². The molecular weight excluding hydrogens is 218 g/mol. The van der Waals surface area contributed by atoms with E-state index in [1.807, 2.05) is 6.92 Å². The first-order valence-corrected chi connectivity index (χ1v) is 6.21. The Balaban J connectivity index is 2.25. The Hall–Kier alpha value is -1.07. The van der Waals surface area contributed by atoms with E-state index in [2.05, 4.69) is 16.8 Å². The molecular formula is C12H23N3O2. The topological polar surface area (TPSA) is 55.8 Å². The lowest BCUT2D eigenvalue weighted by Gasteiger charge is -2.35. The van der Waals surface area contributed by atoms with Crippen LogP contribution < -0.4 is 5.32 Å². The van der Waals surface area contributed by atoms with Crippen molar-refractivity contribution in [2.45, 2.75) is 19.4 Å². The lowest BCUT2D eigenvalue weighted by Crippen LogP contribution is -2.52. The zero-order chi connectivity index (χ0) is 12.7. The van der Waals surface area contributed by atoms with Gasteiger partial charge in [0.05, 0.1) is 6.10 Å². The van der Waals surface area contributed by atoms with Crippen molar-refractivity contribution < 1.29 is 9.90 Å². The average Bonchev–Trinajstić information content (AvgIpc) is 2.36. The molecule has 1 unspecified atom stereocenters. The number of aliphatic hydroxyl groups excluding tert-OH is 1. The highest BCUT2D eigenvalue weighted by Gasteiger charge is 2.21. The molecule has 2 amide bonds. The van der Waals surface area contributed by atoms with E-state index in [1.165, 1.54) is 0 Å². The van der Waals surface area contributed by atoms with Gasteiger partial charge in [0.25, 0.3) is 0 Å². The second-order valence-electron chi connectivity index (χ2n) is 4.32. The number of amides is 2. The van der Waals surface area contributed by atoms with Crippen molar-refractivity contribution in [1.29, 1.82) is 0 Å². The summed E-state index contributed by atoms with van der Waals surface area (Å²) in [6.45, 7) is 9.86. The second-order valence-corrected chi connectivity index (χ2v) is 4.32. The molecule has 5 heteroatoms. The Labute approximate surface area is 103 Å². The van der Waals surface area contributed by atoms with Gasteiger partial charge < -0.3 is 15.3 Å². The van der Waals surface area contributed by atoms with Gasteiger partial charge in [-0.15, -0.1) is 6.58 Å². The monoisotopic (exact) mass is 241 g/mol. The SMILES string of the molecule is C=CCNC(=O)N1CCN(CC(O)CC)CC1. The molecule has 98 valence electrons. The number of carbonyl (C=O) groups is 1. The number of aliphatic hydroxyl groups is 1. The Morgan fingerprint density at radius 3 is 2.65 bits per heavy atom. The van der Waals surface area contributed by atoms with Gasteiger partial charge in [-0.2, -0.15) is 0 Å². The summed E-state index contributed by atoms with van der Waals surface area (Å²) in [5, 5.41) is 12.3. The highest BCUT2D eigenvalue weighted by Crippen LogP contribution is 2.04. The van der Waals surface area contributed by atoms with Crippen LogP contribution in [0.3, 0.4) is 0 Å².